The fraction of sp³-hybridized carbons (Fsp3) is 0.143. The van der Waals surface area contributed by atoms with E-state index in [9.17, 15) is 0 Å². The predicted molar refractivity (Wildman–Crippen MR) is 80.4 cm³/mol. The van der Waals surface area contributed by atoms with Crippen LogP contribution in [0.25, 0.3) is 22.4 Å². The molecule has 3 rings (SSSR count). The topological polar surface area (TPSA) is 72.5 Å². The van der Waals surface area contributed by atoms with Crippen LogP contribution in [-0.4, -0.2) is 20.0 Å². The number of H-pyrrole nitrogens is 1. The largest absolute Gasteiger partial charge is 0.382 e. The maximum atomic E-state index is 6.27. The van der Waals surface area contributed by atoms with E-state index in [0.717, 1.165) is 28.1 Å². The molecule has 0 atom stereocenters. The molecule has 0 amide bonds. The maximum Gasteiger partial charge on any atom is 0.153 e. The molecule has 0 spiro atoms. The molecule has 3 aromatic rings. The van der Waals surface area contributed by atoms with Gasteiger partial charge in [-0.25, -0.2) is 0 Å². The van der Waals surface area contributed by atoms with Crippen molar-refractivity contribution in [2.24, 2.45) is 7.05 Å². The zero-order valence-corrected chi connectivity index (χ0v) is 11.9. The fourth-order valence-electron chi connectivity index (χ4n) is 2.33. The van der Waals surface area contributed by atoms with Crippen LogP contribution in [0.3, 0.4) is 0 Å². The Morgan fingerprint density at radius 2 is 2.00 bits per heavy atom. The van der Waals surface area contributed by atoms with Crippen molar-refractivity contribution in [2.75, 3.05) is 5.73 Å². The normalized spacial score (nSPS) is 10.9. The van der Waals surface area contributed by atoms with Gasteiger partial charge in [-0.2, -0.15) is 10.2 Å². The number of nitrogens with two attached hydrogens (primary N) is 1. The van der Waals surface area contributed by atoms with Crippen LogP contribution in [0.2, 0.25) is 5.02 Å². The molecule has 2 heterocycles. The maximum absolute atomic E-state index is 6.27. The average molecular weight is 288 g/mol. The second kappa shape index (κ2) is 4.68. The molecule has 0 radical (unpaired) electrons. The van der Waals surface area contributed by atoms with Crippen molar-refractivity contribution >= 4 is 17.4 Å². The number of benzene rings is 1. The minimum Gasteiger partial charge on any atom is -0.382 e. The zero-order valence-electron chi connectivity index (χ0n) is 11.2. The minimum absolute atomic E-state index is 0.427. The lowest BCUT2D eigenvalue weighted by molar-refractivity contribution is 0.756. The summed E-state index contributed by atoms with van der Waals surface area (Å²) in [4.78, 5) is 0. The first-order chi connectivity index (χ1) is 9.58. The highest BCUT2D eigenvalue weighted by Gasteiger charge is 2.19. The van der Waals surface area contributed by atoms with Crippen LogP contribution in [0.15, 0.2) is 30.5 Å². The van der Waals surface area contributed by atoms with Crippen molar-refractivity contribution < 1.29 is 0 Å². The standard InChI is InChI=1S/C14H14ClN5/c1-8-10(7-20(2)19-8)13-12(14(16)18-17-13)9-5-3-4-6-11(9)15/h3-7H,1-2H3,(H3,16,17,18). The number of nitrogens with zero attached hydrogens (tertiary/aromatic N) is 3. The Hall–Kier alpha value is -2.27. The molecule has 6 heteroatoms. The van der Waals surface area contributed by atoms with Crippen molar-refractivity contribution in [3.05, 3.63) is 41.2 Å². The van der Waals surface area contributed by atoms with E-state index in [1.165, 1.54) is 0 Å². The highest BCUT2D eigenvalue weighted by Crippen LogP contribution is 2.38. The Kier molecular flexibility index (Phi) is 2.99. The summed E-state index contributed by atoms with van der Waals surface area (Å²) in [6.07, 6.45) is 1.93. The third kappa shape index (κ3) is 1.96. The number of rotatable bonds is 2. The summed E-state index contributed by atoms with van der Waals surface area (Å²) in [5.74, 6) is 0.427. The summed E-state index contributed by atoms with van der Waals surface area (Å²) >= 11 is 6.27. The van der Waals surface area contributed by atoms with Crippen LogP contribution >= 0.6 is 11.6 Å². The number of aromatic nitrogens is 4. The smallest absolute Gasteiger partial charge is 0.153 e. The van der Waals surface area contributed by atoms with Gasteiger partial charge in [0.1, 0.15) is 0 Å². The van der Waals surface area contributed by atoms with Gasteiger partial charge in [0, 0.05) is 29.4 Å². The summed E-state index contributed by atoms with van der Waals surface area (Å²) < 4.78 is 1.76. The summed E-state index contributed by atoms with van der Waals surface area (Å²) in [5, 5.41) is 12.1. The Labute approximate surface area is 121 Å². The van der Waals surface area contributed by atoms with Crippen molar-refractivity contribution in [1.82, 2.24) is 20.0 Å². The highest BCUT2D eigenvalue weighted by atomic mass is 35.5. The summed E-state index contributed by atoms with van der Waals surface area (Å²) in [6.45, 7) is 1.95. The number of hydrogen-bond acceptors (Lipinski definition) is 3. The van der Waals surface area contributed by atoms with Crippen LogP contribution in [-0.2, 0) is 7.05 Å². The highest BCUT2D eigenvalue weighted by molar-refractivity contribution is 6.33. The van der Waals surface area contributed by atoms with E-state index in [0.29, 0.717) is 10.8 Å². The molecule has 0 aliphatic carbocycles. The Bertz CT molecular complexity index is 772. The van der Waals surface area contributed by atoms with Gasteiger partial charge in [0.05, 0.1) is 17.0 Å². The molecule has 20 heavy (non-hydrogen) atoms. The van der Waals surface area contributed by atoms with Gasteiger partial charge in [-0.1, -0.05) is 29.8 Å². The van der Waals surface area contributed by atoms with E-state index >= 15 is 0 Å². The molecule has 102 valence electrons. The van der Waals surface area contributed by atoms with Gasteiger partial charge >= 0.3 is 0 Å². The molecular formula is C14H14ClN5. The lowest BCUT2D eigenvalue weighted by Gasteiger charge is -2.05. The molecule has 3 N–H and O–H groups in total. The molecule has 5 nitrogen and oxygen atoms in total. The van der Waals surface area contributed by atoms with E-state index < -0.39 is 0 Å². The fourth-order valence-corrected chi connectivity index (χ4v) is 2.56. The number of anilines is 1. The minimum atomic E-state index is 0.427. The summed E-state index contributed by atoms with van der Waals surface area (Å²) in [5.41, 5.74) is 10.4. The summed E-state index contributed by atoms with van der Waals surface area (Å²) in [7, 11) is 1.88. The Morgan fingerprint density at radius 3 is 2.65 bits per heavy atom. The van der Waals surface area contributed by atoms with Crippen molar-refractivity contribution in [1.29, 1.82) is 0 Å². The number of aryl methyl sites for hydroxylation is 2. The average Bonchev–Trinajstić information content (AvgIpc) is 2.93. The first kappa shape index (κ1) is 12.7. The monoisotopic (exact) mass is 287 g/mol. The molecule has 0 aliphatic heterocycles. The Balaban J connectivity index is 2.26. The molecule has 0 fully saturated rings. The number of hydrogen-bond donors (Lipinski definition) is 2. The quantitative estimate of drug-likeness (QED) is 0.761. The molecule has 2 aromatic heterocycles. The van der Waals surface area contributed by atoms with Gasteiger partial charge < -0.3 is 5.73 Å². The van der Waals surface area contributed by atoms with Gasteiger partial charge in [0.25, 0.3) is 0 Å². The lowest BCUT2D eigenvalue weighted by atomic mass is 10.0. The third-order valence-electron chi connectivity index (χ3n) is 3.22. The molecule has 1 aromatic carbocycles. The van der Waals surface area contributed by atoms with Crippen LogP contribution in [0.5, 0.6) is 0 Å². The van der Waals surface area contributed by atoms with E-state index in [1.807, 2.05) is 44.4 Å². The van der Waals surface area contributed by atoms with Crippen LogP contribution in [0.4, 0.5) is 5.82 Å². The van der Waals surface area contributed by atoms with E-state index in [1.54, 1.807) is 4.68 Å². The van der Waals surface area contributed by atoms with Gasteiger partial charge in [0.15, 0.2) is 5.82 Å². The van der Waals surface area contributed by atoms with Gasteiger partial charge in [-0.05, 0) is 13.0 Å². The van der Waals surface area contributed by atoms with E-state index in [-0.39, 0.29) is 0 Å². The number of halogens is 1. The Morgan fingerprint density at radius 1 is 1.25 bits per heavy atom. The zero-order chi connectivity index (χ0) is 14.3. The number of nitrogen functional groups attached to an aromatic ring is 1. The number of nitrogens with one attached hydrogen (secondary N) is 1. The first-order valence-electron chi connectivity index (χ1n) is 6.17. The third-order valence-corrected chi connectivity index (χ3v) is 3.55. The molecule has 0 bridgehead atoms. The predicted octanol–water partition coefficient (Wildman–Crippen LogP) is 3.02. The van der Waals surface area contributed by atoms with Crippen LogP contribution < -0.4 is 5.73 Å². The molecular weight excluding hydrogens is 274 g/mol. The first-order valence-corrected chi connectivity index (χ1v) is 6.55. The van der Waals surface area contributed by atoms with Crippen molar-refractivity contribution in [3.8, 4) is 22.4 Å². The number of aromatic amines is 1. The van der Waals surface area contributed by atoms with Gasteiger partial charge in [-0.15, -0.1) is 0 Å². The molecule has 0 saturated heterocycles. The molecule has 0 aliphatic rings. The van der Waals surface area contributed by atoms with Crippen LogP contribution in [0, 0.1) is 6.92 Å². The summed E-state index contributed by atoms with van der Waals surface area (Å²) in [6, 6.07) is 7.58. The van der Waals surface area contributed by atoms with Crippen LogP contribution in [0.1, 0.15) is 5.69 Å². The van der Waals surface area contributed by atoms with E-state index in [4.69, 9.17) is 17.3 Å². The second-order valence-electron chi connectivity index (χ2n) is 4.64. The van der Waals surface area contributed by atoms with Gasteiger partial charge in [0.2, 0.25) is 0 Å². The van der Waals surface area contributed by atoms with Gasteiger partial charge in [-0.3, -0.25) is 9.78 Å². The molecule has 0 saturated carbocycles. The van der Waals surface area contributed by atoms with Crippen molar-refractivity contribution in [3.63, 3.8) is 0 Å². The lowest BCUT2D eigenvalue weighted by Crippen LogP contribution is -1.89. The molecule has 0 unspecified atom stereocenters. The second-order valence-corrected chi connectivity index (χ2v) is 5.05. The SMILES string of the molecule is Cc1nn(C)cc1-c1[nH]nc(N)c1-c1ccccc1Cl. The van der Waals surface area contributed by atoms with Crippen molar-refractivity contribution in [2.45, 2.75) is 6.92 Å². The van der Waals surface area contributed by atoms with E-state index in [2.05, 4.69) is 15.3 Å².